The van der Waals surface area contributed by atoms with Crippen molar-refractivity contribution in [3.63, 3.8) is 0 Å². The van der Waals surface area contributed by atoms with Gasteiger partial charge < -0.3 is 0 Å². The van der Waals surface area contributed by atoms with Crippen LogP contribution in [-0.2, 0) is 15.4 Å². The Kier molecular flexibility index (Phi) is 4.85. The summed E-state index contributed by atoms with van der Waals surface area (Å²) in [5, 5.41) is 1.04. The summed E-state index contributed by atoms with van der Waals surface area (Å²) in [7, 11) is -3.58. The van der Waals surface area contributed by atoms with Crippen LogP contribution in [0.2, 0.25) is 10.0 Å². The molecule has 1 aromatic heterocycles. The number of hydrogen-bond donors (Lipinski definition) is 1. The van der Waals surface area contributed by atoms with Gasteiger partial charge in [-0.05, 0) is 47.9 Å². The van der Waals surface area contributed by atoms with Gasteiger partial charge in [-0.25, -0.2) is 13.1 Å². The fourth-order valence-corrected chi connectivity index (χ4v) is 6.42. The van der Waals surface area contributed by atoms with E-state index in [1.165, 1.54) is 11.3 Å². The van der Waals surface area contributed by atoms with Crippen LogP contribution in [0.15, 0.2) is 64.9 Å². The number of thiophene rings is 1. The van der Waals surface area contributed by atoms with E-state index < -0.39 is 10.0 Å². The summed E-state index contributed by atoms with van der Waals surface area (Å²) in [4.78, 5) is 0.807. The summed E-state index contributed by atoms with van der Waals surface area (Å²) in [6.45, 7) is 2.09. The molecule has 1 N–H and O–H groups in total. The monoisotopic (exact) mass is 437 g/mol. The Morgan fingerprint density at radius 3 is 2.37 bits per heavy atom. The fraction of sp³-hybridized carbons (Fsp3) is 0.200. The molecule has 1 heterocycles. The van der Waals surface area contributed by atoms with Crippen molar-refractivity contribution < 1.29 is 8.42 Å². The molecule has 3 nitrogen and oxygen atoms in total. The molecule has 0 spiro atoms. The van der Waals surface area contributed by atoms with E-state index in [0.717, 1.165) is 22.4 Å². The summed E-state index contributed by atoms with van der Waals surface area (Å²) >= 11 is 13.3. The molecule has 3 aromatic rings. The summed E-state index contributed by atoms with van der Waals surface area (Å²) in [6, 6.07) is 18.5. The van der Waals surface area contributed by atoms with Gasteiger partial charge in [0.2, 0.25) is 10.0 Å². The lowest BCUT2D eigenvalue weighted by Crippen LogP contribution is -2.29. The number of sulfonamides is 1. The lowest BCUT2D eigenvalue weighted by Gasteiger charge is -2.12. The topological polar surface area (TPSA) is 46.2 Å². The molecule has 0 radical (unpaired) electrons. The van der Waals surface area contributed by atoms with Gasteiger partial charge in [0.05, 0.1) is 0 Å². The zero-order valence-electron chi connectivity index (χ0n) is 14.4. The first-order valence-corrected chi connectivity index (χ1v) is 11.5. The number of benzene rings is 2. The van der Waals surface area contributed by atoms with E-state index in [-0.39, 0.29) is 15.7 Å². The van der Waals surface area contributed by atoms with Crippen molar-refractivity contribution in [3.8, 4) is 10.4 Å². The molecule has 1 aliphatic carbocycles. The van der Waals surface area contributed by atoms with E-state index in [1.807, 2.05) is 30.3 Å². The highest BCUT2D eigenvalue weighted by atomic mass is 35.5. The maximum absolute atomic E-state index is 12.8. The van der Waals surface area contributed by atoms with Crippen LogP contribution in [-0.4, -0.2) is 14.5 Å². The van der Waals surface area contributed by atoms with Crippen molar-refractivity contribution in [1.82, 2.24) is 4.72 Å². The number of nitrogens with one attached hydrogen (secondary N) is 1. The molecular formula is C20H17Cl2NO2S2. The summed E-state index contributed by atoms with van der Waals surface area (Å²) < 4.78 is 28.8. The third-order valence-corrected chi connectivity index (χ3v) is 8.50. The lowest BCUT2D eigenvalue weighted by atomic mass is 9.98. The summed E-state index contributed by atoms with van der Waals surface area (Å²) in [5.74, 6) is 0. The van der Waals surface area contributed by atoms with E-state index >= 15 is 0 Å². The third kappa shape index (κ3) is 3.80. The molecule has 2 atom stereocenters. The molecule has 0 unspecified atom stereocenters. The molecule has 4 rings (SSSR count). The van der Waals surface area contributed by atoms with Crippen LogP contribution in [0.25, 0.3) is 10.4 Å². The smallest absolute Gasteiger partial charge is 0.206 e. The Morgan fingerprint density at radius 2 is 1.70 bits per heavy atom. The Balaban J connectivity index is 1.55. The first-order chi connectivity index (χ1) is 12.8. The van der Waals surface area contributed by atoms with Crippen LogP contribution >= 0.6 is 34.5 Å². The van der Waals surface area contributed by atoms with Crippen LogP contribution in [0.1, 0.15) is 18.9 Å². The first-order valence-electron chi connectivity index (χ1n) is 8.42. The minimum Gasteiger partial charge on any atom is -0.206 e. The fourth-order valence-electron chi connectivity index (χ4n) is 3.24. The third-order valence-electron chi connectivity index (χ3n) is 4.96. The van der Waals surface area contributed by atoms with Gasteiger partial charge in [0.1, 0.15) is 4.21 Å². The predicted octanol–water partition coefficient (Wildman–Crippen LogP) is 5.73. The van der Waals surface area contributed by atoms with Crippen molar-refractivity contribution in [2.24, 2.45) is 0 Å². The highest BCUT2D eigenvalue weighted by Crippen LogP contribution is 2.48. The van der Waals surface area contributed by atoms with Crippen molar-refractivity contribution in [3.05, 3.63) is 76.3 Å². The Bertz CT molecular complexity index is 1080. The molecule has 1 fully saturated rings. The van der Waals surface area contributed by atoms with Crippen LogP contribution in [0, 0.1) is 0 Å². The molecule has 0 amide bonds. The van der Waals surface area contributed by atoms with E-state index in [4.69, 9.17) is 23.2 Å². The first kappa shape index (κ1) is 19.0. The zero-order valence-corrected chi connectivity index (χ0v) is 17.6. The van der Waals surface area contributed by atoms with Gasteiger partial charge in [-0.15, -0.1) is 11.3 Å². The van der Waals surface area contributed by atoms with Gasteiger partial charge in [0.25, 0.3) is 0 Å². The number of rotatable bonds is 5. The van der Waals surface area contributed by atoms with E-state index in [9.17, 15) is 8.42 Å². The Morgan fingerprint density at radius 1 is 1.04 bits per heavy atom. The van der Waals surface area contributed by atoms with E-state index in [0.29, 0.717) is 10.0 Å². The highest BCUT2D eigenvalue weighted by molar-refractivity contribution is 7.91. The van der Waals surface area contributed by atoms with Gasteiger partial charge >= 0.3 is 0 Å². The second kappa shape index (κ2) is 6.90. The van der Waals surface area contributed by atoms with Gasteiger partial charge in [0, 0.05) is 26.4 Å². The number of hydrogen-bond acceptors (Lipinski definition) is 3. The minimum absolute atomic E-state index is 0.101. The molecule has 1 saturated carbocycles. The highest BCUT2D eigenvalue weighted by Gasteiger charge is 2.53. The van der Waals surface area contributed by atoms with Gasteiger partial charge in [-0.1, -0.05) is 60.5 Å². The molecule has 140 valence electrons. The second-order valence-corrected chi connectivity index (χ2v) is 10.8. The van der Waals surface area contributed by atoms with Crippen molar-refractivity contribution in [2.45, 2.75) is 29.0 Å². The van der Waals surface area contributed by atoms with Gasteiger partial charge in [0.15, 0.2) is 0 Å². The quantitative estimate of drug-likeness (QED) is 0.553. The largest absolute Gasteiger partial charge is 0.250 e. The second-order valence-electron chi connectivity index (χ2n) is 6.94. The zero-order chi connectivity index (χ0) is 19.2. The van der Waals surface area contributed by atoms with E-state index in [1.54, 1.807) is 30.3 Å². The van der Waals surface area contributed by atoms with Gasteiger partial charge in [-0.3, -0.25) is 0 Å². The average Bonchev–Trinajstić information content (AvgIpc) is 3.05. The maximum atomic E-state index is 12.8. The minimum atomic E-state index is -3.58. The average molecular weight is 438 g/mol. The van der Waals surface area contributed by atoms with E-state index in [2.05, 4.69) is 11.6 Å². The molecule has 0 aliphatic heterocycles. The SMILES string of the molecule is C[C@]1(c2ccccc2)C[C@@H]1NS(=O)(=O)c1ccc(-c2cc(Cl)cc(Cl)c2)s1. The lowest BCUT2D eigenvalue weighted by molar-refractivity contribution is 0.576. The van der Waals surface area contributed by atoms with Gasteiger partial charge in [-0.2, -0.15) is 0 Å². The summed E-state index contributed by atoms with van der Waals surface area (Å²) in [5.41, 5.74) is 1.80. The molecule has 1 aliphatic rings. The van der Waals surface area contributed by atoms with Crippen molar-refractivity contribution in [1.29, 1.82) is 0 Å². The van der Waals surface area contributed by atoms with Crippen molar-refractivity contribution in [2.75, 3.05) is 0 Å². The molecule has 0 bridgehead atoms. The van der Waals surface area contributed by atoms with Crippen LogP contribution < -0.4 is 4.72 Å². The number of halogens is 2. The molecule has 27 heavy (non-hydrogen) atoms. The molecule has 7 heteroatoms. The maximum Gasteiger partial charge on any atom is 0.250 e. The van der Waals surface area contributed by atoms with Crippen LogP contribution in [0.4, 0.5) is 0 Å². The van der Waals surface area contributed by atoms with Crippen LogP contribution in [0.3, 0.4) is 0 Å². The summed E-state index contributed by atoms with van der Waals surface area (Å²) in [6.07, 6.45) is 0.790. The molecule has 0 saturated heterocycles. The predicted molar refractivity (Wildman–Crippen MR) is 112 cm³/mol. The Labute approximate surface area is 173 Å². The molecular weight excluding hydrogens is 421 g/mol. The van der Waals surface area contributed by atoms with Crippen molar-refractivity contribution >= 4 is 44.6 Å². The molecule has 2 aromatic carbocycles. The Hall–Kier alpha value is -1.37. The van der Waals surface area contributed by atoms with Crippen LogP contribution in [0.5, 0.6) is 0 Å². The standard InChI is InChI=1S/C20H17Cl2NO2S2/c1-20(14-5-3-2-4-6-14)12-18(20)23-27(24,25)19-8-7-17(26-19)13-9-15(21)11-16(22)10-13/h2-11,18,23H,12H2,1H3/t18-,20+/m0/s1. The normalized spacial score (nSPS) is 22.0.